The van der Waals surface area contributed by atoms with Crippen LogP contribution in [0.2, 0.25) is 0 Å². The third-order valence-electron chi connectivity index (χ3n) is 6.98. The van der Waals surface area contributed by atoms with Crippen molar-refractivity contribution in [3.05, 3.63) is 100 Å². The second-order valence-electron chi connectivity index (χ2n) is 8.86. The van der Waals surface area contributed by atoms with Crippen LogP contribution in [0.1, 0.15) is 22.9 Å². The van der Waals surface area contributed by atoms with Gasteiger partial charge in [-0.3, -0.25) is 19.5 Å². The fourth-order valence-corrected chi connectivity index (χ4v) is 5.52. The van der Waals surface area contributed by atoms with Gasteiger partial charge in [0, 0.05) is 62.2 Å². The molecule has 7 nitrogen and oxygen atoms in total. The van der Waals surface area contributed by atoms with Crippen molar-refractivity contribution in [3.63, 3.8) is 0 Å². The summed E-state index contributed by atoms with van der Waals surface area (Å²) in [7, 11) is 0. The zero-order valence-electron chi connectivity index (χ0n) is 18.4. The molecule has 4 heterocycles. The first-order chi connectivity index (χ1) is 16.2. The van der Waals surface area contributed by atoms with E-state index in [0.29, 0.717) is 19.6 Å². The Kier molecular flexibility index (Phi) is 6.07. The normalized spacial score (nSPS) is 23.8. The molecule has 7 heteroatoms. The maximum absolute atomic E-state index is 13.5. The van der Waals surface area contributed by atoms with Gasteiger partial charge in [-0.1, -0.05) is 42.5 Å². The minimum absolute atomic E-state index is 0.00774. The number of likely N-dealkylation sites (tertiary alicyclic amines) is 1. The van der Waals surface area contributed by atoms with Crippen LogP contribution < -0.4 is 10.9 Å². The quantitative estimate of drug-likeness (QED) is 0.580. The van der Waals surface area contributed by atoms with Crippen LogP contribution >= 0.6 is 0 Å². The molecule has 0 spiro atoms. The van der Waals surface area contributed by atoms with Crippen LogP contribution in [0.3, 0.4) is 0 Å². The lowest BCUT2D eigenvalue weighted by Crippen LogP contribution is -2.48. The summed E-state index contributed by atoms with van der Waals surface area (Å²) in [6, 6.07) is 18.6. The summed E-state index contributed by atoms with van der Waals surface area (Å²) in [6.07, 6.45) is 4.28. The average Bonchev–Trinajstić information content (AvgIpc) is 3.36. The Bertz CT molecular complexity index is 1160. The van der Waals surface area contributed by atoms with Gasteiger partial charge in [0.25, 0.3) is 5.56 Å². The Balaban J connectivity index is 1.43. The van der Waals surface area contributed by atoms with Crippen molar-refractivity contribution in [2.75, 3.05) is 13.2 Å². The number of amides is 1. The SMILES string of the molecule is O=C(NCCc1ccccc1)[C@@H]1[C@@H](CO)[C@@H]2Cn3c(cccc3=O)[C@@H]2N1Cc1cccnc1. The summed E-state index contributed by atoms with van der Waals surface area (Å²) in [5, 5.41) is 13.5. The van der Waals surface area contributed by atoms with Gasteiger partial charge in [0.1, 0.15) is 0 Å². The van der Waals surface area contributed by atoms with Crippen molar-refractivity contribution in [1.29, 1.82) is 0 Å². The van der Waals surface area contributed by atoms with Gasteiger partial charge in [-0.15, -0.1) is 0 Å². The highest BCUT2D eigenvalue weighted by atomic mass is 16.3. The van der Waals surface area contributed by atoms with Gasteiger partial charge in [-0.25, -0.2) is 0 Å². The van der Waals surface area contributed by atoms with Crippen LogP contribution in [-0.2, 0) is 24.3 Å². The highest BCUT2D eigenvalue weighted by Gasteiger charge is 2.55. The van der Waals surface area contributed by atoms with Crippen molar-refractivity contribution in [2.24, 2.45) is 11.8 Å². The van der Waals surface area contributed by atoms with Crippen LogP contribution in [0, 0.1) is 11.8 Å². The van der Waals surface area contributed by atoms with E-state index in [1.165, 1.54) is 5.56 Å². The summed E-state index contributed by atoms with van der Waals surface area (Å²) in [5.74, 6) is -0.345. The molecule has 1 saturated heterocycles. The van der Waals surface area contributed by atoms with Crippen molar-refractivity contribution >= 4 is 5.91 Å². The Morgan fingerprint density at radius 3 is 2.64 bits per heavy atom. The van der Waals surface area contributed by atoms with E-state index < -0.39 is 6.04 Å². The van der Waals surface area contributed by atoms with E-state index in [2.05, 4.69) is 15.2 Å². The van der Waals surface area contributed by atoms with Gasteiger partial charge < -0.3 is 15.0 Å². The lowest BCUT2D eigenvalue weighted by molar-refractivity contribution is -0.127. The summed E-state index contributed by atoms with van der Waals surface area (Å²) >= 11 is 0. The third-order valence-corrected chi connectivity index (χ3v) is 6.98. The highest BCUT2D eigenvalue weighted by molar-refractivity contribution is 5.82. The van der Waals surface area contributed by atoms with Crippen molar-refractivity contribution < 1.29 is 9.90 Å². The largest absolute Gasteiger partial charge is 0.396 e. The Hall–Kier alpha value is -3.29. The molecule has 5 rings (SSSR count). The molecule has 1 aromatic carbocycles. The fraction of sp³-hybridized carbons (Fsp3) is 0.346. The number of carbonyl (C=O) groups excluding carboxylic acids is 1. The molecule has 2 N–H and O–H groups in total. The minimum atomic E-state index is -0.481. The molecule has 1 fully saturated rings. The number of aromatic nitrogens is 2. The fourth-order valence-electron chi connectivity index (χ4n) is 5.52. The predicted molar refractivity (Wildman–Crippen MR) is 124 cm³/mol. The highest BCUT2D eigenvalue weighted by Crippen LogP contribution is 2.49. The molecule has 2 aliphatic rings. The monoisotopic (exact) mass is 444 g/mol. The second-order valence-corrected chi connectivity index (χ2v) is 8.86. The second kappa shape index (κ2) is 9.29. The minimum Gasteiger partial charge on any atom is -0.396 e. The van der Waals surface area contributed by atoms with Crippen LogP contribution in [-0.4, -0.2) is 44.7 Å². The van der Waals surface area contributed by atoms with E-state index in [-0.39, 0.29) is 36.0 Å². The molecule has 0 radical (unpaired) electrons. The molecule has 0 unspecified atom stereocenters. The number of nitrogens with one attached hydrogen (secondary N) is 1. The van der Waals surface area contributed by atoms with E-state index in [4.69, 9.17) is 0 Å². The van der Waals surface area contributed by atoms with Gasteiger partial charge in [0.15, 0.2) is 0 Å². The van der Waals surface area contributed by atoms with E-state index in [0.717, 1.165) is 17.7 Å². The van der Waals surface area contributed by atoms with Crippen LogP contribution in [0.4, 0.5) is 0 Å². The molecule has 1 amide bonds. The molecule has 3 aromatic rings. The lowest BCUT2D eigenvalue weighted by Gasteiger charge is -2.30. The maximum atomic E-state index is 13.5. The molecule has 0 aliphatic carbocycles. The molecule has 2 aliphatic heterocycles. The van der Waals surface area contributed by atoms with E-state index >= 15 is 0 Å². The number of hydrogen-bond acceptors (Lipinski definition) is 5. The number of benzene rings is 1. The van der Waals surface area contributed by atoms with Gasteiger partial charge in [0.05, 0.1) is 12.1 Å². The first kappa shape index (κ1) is 21.6. The number of pyridine rings is 2. The number of aliphatic hydroxyl groups is 1. The average molecular weight is 445 g/mol. The molecular weight excluding hydrogens is 416 g/mol. The van der Waals surface area contributed by atoms with Crippen LogP contribution in [0.15, 0.2) is 77.9 Å². The zero-order chi connectivity index (χ0) is 22.8. The summed E-state index contributed by atoms with van der Waals surface area (Å²) in [6.45, 7) is 1.46. The van der Waals surface area contributed by atoms with E-state index in [1.54, 1.807) is 29.1 Å². The molecule has 170 valence electrons. The molecule has 33 heavy (non-hydrogen) atoms. The number of aliphatic hydroxyl groups excluding tert-OH is 1. The Morgan fingerprint density at radius 2 is 1.88 bits per heavy atom. The number of nitrogens with zero attached hydrogens (tertiary/aromatic N) is 3. The van der Waals surface area contributed by atoms with Crippen molar-refractivity contribution in [2.45, 2.75) is 31.6 Å². The molecule has 0 bridgehead atoms. The lowest BCUT2D eigenvalue weighted by atomic mass is 9.88. The number of hydrogen-bond donors (Lipinski definition) is 2. The van der Waals surface area contributed by atoms with Crippen LogP contribution in [0.25, 0.3) is 0 Å². The standard InChI is InChI=1S/C26H28N4O3/c31-17-21-20-16-29-22(9-4-10-23(29)32)24(20)30(15-19-8-5-12-27-14-19)25(21)26(33)28-13-11-18-6-2-1-3-7-18/h1-10,12,14,20-21,24-25,31H,11,13,15-17H2,(H,28,33)/t20-,21-,24+,25-/m0/s1. The van der Waals surface area contributed by atoms with E-state index in [1.807, 2.05) is 48.5 Å². The molecule has 4 atom stereocenters. The topological polar surface area (TPSA) is 87.5 Å². The number of rotatable bonds is 7. The van der Waals surface area contributed by atoms with Crippen LogP contribution in [0.5, 0.6) is 0 Å². The zero-order valence-corrected chi connectivity index (χ0v) is 18.4. The summed E-state index contributed by atoms with van der Waals surface area (Å²) < 4.78 is 1.79. The number of carbonyl (C=O) groups is 1. The first-order valence-corrected chi connectivity index (χ1v) is 11.4. The molecule has 2 aromatic heterocycles. The predicted octanol–water partition coefficient (Wildman–Crippen LogP) is 1.77. The van der Waals surface area contributed by atoms with Gasteiger partial charge in [-0.2, -0.15) is 0 Å². The maximum Gasteiger partial charge on any atom is 0.250 e. The van der Waals surface area contributed by atoms with Gasteiger partial charge in [0.2, 0.25) is 5.91 Å². The van der Waals surface area contributed by atoms with Gasteiger partial charge in [-0.05, 0) is 29.7 Å². The first-order valence-electron chi connectivity index (χ1n) is 11.4. The van der Waals surface area contributed by atoms with E-state index in [9.17, 15) is 14.7 Å². The van der Waals surface area contributed by atoms with Gasteiger partial charge >= 0.3 is 0 Å². The molecule has 0 saturated carbocycles. The summed E-state index contributed by atoms with van der Waals surface area (Å²) in [4.78, 5) is 32.3. The van der Waals surface area contributed by atoms with Crippen molar-refractivity contribution in [1.82, 2.24) is 19.8 Å². The third kappa shape index (κ3) is 4.10. The smallest absolute Gasteiger partial charge is 0.250 e. The Labute approximate surface area is 192 Å². The summed E-state index contributed by atoms with van der Waals surface area (Å²) in [5.41, 5.74) is 3.03. The molecular formula is C26H28N4O3. The Morgan fingerprint density at radius 1 is 1.06 bits per heavy atom. The number of fused-ring (bicyclic) bond motifs is 3. The van der Waals surface area contributed by atoms with Crippen molar-refractivity contribution in [3.8, 4) is 0 Å².